The molecule has 1 N–H and O–H groups in total. The highest BCUT2D eigenvalue weighted by Crippen LogP contribution is 2.33. The van der Waals surface area contributed by atoms with Gasteiger partial charge < -0.3 is 9.84 Å². The number of hydrogen-bond acceptors (Lipinski definition) is 2. The van der Waals surface area contributed by atoms with E-state index in [4.69, 9.17) is 9.84 Å². The molecule has 0 aliphatic heterocycles. The standard InChI is InChI=1S/C16H22O3/c1-10-7-12(3)15(8-11(10)2)19-14-6-4-5-13(14)9-16(17)18/h7-8,13-14H,4-6,9H2,1-3H3,(H,17,18). The van der Waals surface area contributed by atoms with Crippen LogP contribution in [0.4, 0.5) is 0 Å². The SMILES string of the molecule is Cc1cc(C)c(OC2CCCC2CC(=O)O)cc1C. The summed E-state index contributed by atoms with van der Waals surface area (Å²) in [6.07, 6.45) is 3.25. The first-order valence-corrected chi connectivity index (χ1v) is 6.93. The highest BCUT2D eigenvalue weighted by molar-refractivity contribution is 5.67. The molecule has 3 heteroatoms. The highest BCUT2D eigenvalue weighted by Gasteiger charge is 2.31. The Hall–Kier alpha value is -1.51. The maximum absolute atomic E-state index is 10.9. The number of hydrogen-bond donors (Lipinski definition) is 1. The zero-order chi connectivity index (χ0) is 14.0. The van der Waals surface area contributed by atoms with Crippen molar-refractivity contribution in [3.05, 3.63) is 28.8 Å². The molecule has 1 aliphatic rings. The Morgan fingerprint density at radius 1 is 1.21 bits per heavy atom. The van der Waals surface area contributed by atoms with Crippen LogP contribution in [0, 0.1) is 26.7 Å². The van der Waals surface area contributed by atoms with Crippen LogP contribution in [0.15, 0.2) is 12.1 Å². The van der Waals surface area contributed by atoms with E-state index in [0.29, 0.717) is 0 Å². The van der Waals surface area contributed by atoms with Crippen LogP contribution in [-0.4, -0.2) is 17.2 Å². The molecule has 1 aromatic rings. The molecule has 19 heavy (non-hydrogen) atoms. The molecule has 0 amide bonds. The van der Waals surface area contributed by atoms with Gasteiger partial charge >= 0.3 is 5.97 Å². The van der Waals surface area contributed by atoms with Crippen LogP contribution in [0.25, 0.3) is 0 Å². The summed E-state index contributed by atoms with van der Waals surface area (Å²) in [4.78, 5) is 10.9. The second-order valence-corrected chi connectivity index (χ2v) is 5.65. The van der Waals surface area contributed by atoms with Gasteiger partial charge in [-0.25, -0.2) is 0 Å². The number of rotatable bonds is 4. The van der Waals surface area contributed by atoms with Crippen LogP contribution < -0.4 is 4.74 Å². The second-order valence-electron chi connectivity index (χ2n) is 5.65. The Kier molecular flexibility index (Phi) is 4.13. The number of aliphatic carboxylic acids is 1. The lowest BCUT2D eigenvalue weighted by molar-refractivity contribution is -0.138. The molecule has 0 spiro atoms. The highest BCUT2D eigenvalue weighted by atomic mass is 16.5. The molecule has 0 aromatic heterocycles. The monoisotopic (exact) mass is 262 g/mol. The van der Waals surface area contributed by atoms with E-state index in [1.165, 1.54) is 11.1 Å². The fourth-order valence-electron chi connectivity index (χ4n) is 2.84. The van der Waals surface area contributed by atoms with Crippen molar-refractivity contribution < 1.29 is 14.6 Å². The molecule has 1 aliphatic carbocycles. The molecule has 0 radical (unpaired) electrons. The first-order valence-electron chi connectivity index (χ1n) is 6.93. The van der Waals surface area contributed by atoms with Gasteiger partial charge in [-0.2, -0.15) is 0 Å². The first kappa shape index (κ1) is 13.9. The summed E-state index contributed by atoms with van der Waals surface area (Å²) in [7, 11) is 0. The van der Waals surface area contributed by atoms with E-state index in [1.54, 1.807) is 0 Å². The molecule has 2 unspecified atom stereocenters. The van der Waals surface area contributed by atoms with Crippen molar-refractivity contribution in [1.29, 1.82) is 0 Å². The Labute approximate surface area is 114 Å². The lowest BCUT2D eigenvalue weighted by Gasteiger charge is -2.22. The van der Waals surface area contributed by atoms with E-state index in [0.717, 1.165) is 30.6 Å². The Balaban J connectivity index is 2.12. The minimum atomic E-state index is -0.725. The van der Waals surface area contributed by atoms with Crippen molar-refractivity contribution >= 4 is 5.97 Å². The van der Waals surface area contributed by atoms with Crippen LogP contribution in [0.5, 0.6) is 5.75 Å². The summed E-state index contributed by atoms with van der Waals surface area (Å²) in [5.41, 5.74) is 3.61. The summed E-state index contributed by atoms with van der Waals surface area (Å²) >= 11 is 0. The van der Waals surface area contributed by atoms with Gasteiger partial charge in [0.1, 0.15) is 11.9 Å². The average Bonchev–Trinajstić information content (AvgIpc) is 2.72. The van der Waals surface area contributed by atoms with Gasteiger partial charge in [0.15, 0.2) is 0 Å². The van der Waals surface area contributed by atoms with Crippen LogP contribution in [-0.2, 0) is 4.79 Å². The maximum Gasteiger partial charge on any atom is 0.303 e. The summed E-state index contributed by atoms with van der Waals surface area (Å²) < 4.78 is 6.09. The summed E-state index contributed by atoms with van der Waals surface area (Å²) in [6.45, 7) is 6.21. The normalized spacial score (nSPS) is 22.5. The minimum Gasteiger partial charge on any atom is -0.490 e. The molecule has 2 atom stereocenters. The molecule has 104 valence electrons. The molecule has 0 saturated heterocycles. The van der Waals surface area contributed by atoms with Crippen LogP contribution in [0.1, 0.15) is 42.4 Å². The minimum absolute atomic E-state index is 0.0527. The Bertz CT molecular complexity index is 479. The zero-order valence-corrected chi connectivity index (χ0v) is 11.9. The van der Waals surface area contributed by atoms with Gasteiger partial charge in [0.25, 0.3) is 0 Å². The summed E-state index contributed by atoms with van der Waals surface area (Å²) in [5.74, 6) is 0.334. The van der Waals surface area contributed by atoms with Crippen molar-refractivity contribution in [2.75, 3.05) is 0 Å². The van der Waals surface area contributed by atoms with Gasteiger partial charge in [-0.1, -0.05) is 6.07 Å². The molecule has 1 aromatic carbocycles. The van der Waals surface area contributed by atoms with Gasteiger partial charge in [-0.05, 0) is 62.8 Å². The quantitative estimate of drug-likeness (QED) is 0.901. The number of ether oxygens (including phenoxy) is 1. The van der Waals surface area contributed by atoms with E-state index in [1.807, 2.05) is 6.92 Å². The van der Waals surface area contributed by atoms with Crippen molar-refractivity contribution in [3.63, 3.8) is 0 Å². The molecule has 1 saturated carbocycles. The summed E-state index contributed by atoms with van der Waals surface area (Å²) in [6, 6.07) is 4.20. The maximum atomic E-state index is 10.9. The van der Waals surface area contributed by atoms with Crippen LogP contribution >= 0.6 is 0 Å². The van der Waals surface area contributed by atoms with Gasteiger partial charge in [0.05, 0.1) is 6.42 Å². The largest absolute Gasteiger partial charge is 0.490 e. The third-order valence-corrected chi connectivity index (χ3v) is 4.10. The van der Waals surface area contributed by atoms with Gasteiger partial charge in [-0.3, -0.25) is 4.79 Å². The van der Waals surface area contributed by atoms with E-state index >= 15 is 0 Å². The molecule has 1 fully saturated rings. The summed E-state index contributed by atoms with van der Waals surface area (Å²) in [5, 5.41) is 8.94. The Morgan fingerprint density at radius 3 is 2.58 bits per heavy atom. The number of carboxylic acid groups (broad SMARTS) is 1. The third-order valence-electron chi connectivity index (χ3n) is 4.10. The molecular formula is C16H22O3. The number of benzene rings is 1. The topological polar surface area (TPSA) is 46.5 Å². The third kappa shape index (κ3) is 3.28. The predicted molar refractivity (Wildman–Crippen MR) is 74.7 cm³/mol. The van der Waals surface area contributed by atoms with Crippen molar-refractivity contribution in [3.8, 4) is 5.75 Å². The molecular weight excluding hydrogens is 240 g/mol. The molecule has 0 bridgehead atoms. The Morgan fingerprint density at radius 2 is 1.89 bits per heavy atom. The fourth-order valence-corrected chi connectivity index (χ4v) is 2.84. The number of aryl methyl sites for hydroxylation is 3. The molecule has 3 nitrogen and oxygen atoms in total. The smallest absolute Gasteiger partial charge is 0.303 e. The van der Waals surface area contributed by atoms with E-state index in [9.17, 15) is 4.79 Å². The van der Waals surface area contributed by atoms with Crippen molar-refractivity contribution in [1.82, 2.24) is 0 Å². The van der Waals surface area contributed by atoms with Crippen LogP contribution in [0.3, 0.4) is 0 Å². The lowest BCUT2D eigenvalue weighted by Crippen LogP contribution is -2.24. The zero-order valence-electron chi connectivity index (χ0n) is 11.9. The van der Waals surface area contributed by atoms with Gasteiger partial charge in [-0.15, -0.1) is 0 Å². The van der Waals surface area contributed by atoms with Gasteiger partial charge in [0, 0.05) is 5.92 Å². The number of carbonyl (C=O) groups is 1. The van der Waals surface area contributed by atoms with Gasteiger partial charge in [0.2, 0.25) is 0 Å². The van der Waals surface area contributed by atoms with E-state index in [-0.39, 0.29) is 18.4 Å². The van der Waals surface area contributed by atoms with E-state index < -0.39 is 5.97 Å². The first-order chi connectivity index (χ1) is 8.97. The van der Waals surface area contributed by atoms with Crippen molar-refractivity contribution in [2.45, 2.75) is 52.6 Å². The lowest BCUT2D eigenvalue weighted by atomic mass is 10.0. The molecule has 2 rings (SSSR count). The predicted octanol–water partition coefficient (Wildman–Crippen LogP) is 3.63. The molecule has 0 heterocycles. The number of carboxylic acids is 1. The van der Waals surface area contributed by atoms with Crippen LogP contribution in [0.2, 0.25) is 0 Å². The fraction of sp³-hybridized carbons (Fsp3) is 0.562. The average molecular weight is 262 g/mol. The second kappa shape index (κ2) is 5.64. The van der Waals surface area contributed by atoms with E-state index in [2.05, 4.69) is 26.0 Å². The van der Waals surface area contributed by atoms with Crippen molar-refractivity contribution in [2.24, 2.45) is 5.92 Å².